The summed E-state index contributed by atoms with van der Waals surface area (Å²) in [6, 6.07) is 7.08. The quantitative estimate of drug-likeness (QED) is 0.370. The van der Waals surface area contributed by atoms with Crippen molar-refractivity contribution in [1.29, 1.82) is 0 Å². The summed E-state index contributed by atoms with van der Waals surface area (Å²) >= 11 is 0. The number of aryl methyl sites for hydroxylation is 1. The molecule has 2 unspecified atom stereocenters. The van der Waals surface area contributed by atoms with E-state index in [1.54, 1.807) is 0 Å². The van der Waals surface area contributed by atoms with E-state index in [-0.39, 0.29) is 17.8 Å². The van der Waals surface area contributed by atoms with Crippen molar-refractivity contribution in [1.82, 2.24) is 9.97 Å². The van der Waals surface area contributed by atoms with E-state index in [4.69, 9.17) is 4.74 Å². The molecule has 1 N–H and O–H groups in total. The molecule has 0 amide bonds. The molecule has 2 saturated carbocycles. The van der Waals surface area contributed by atoms with Crippen molar-refractivity contribution >= 4 is 17.6 Å². The Kier molecular flexibility index (Phi) is 10.8. The summed E-state index contributed by atoms with van der Waals surface area (Å²) in [7, 11) is 1.51. The van der Waals surface area contributed by atoms with Crippen molar-refractivity contribution in [3.05, 3.63) is 47.3 Å². The van der Waals surface area contributed by atoms with Gasteiger partial charge in [-0.3, -0.25) is 4.79 Å². The normalized spacial score (nSPS) is 25.3. The Balaban J connectivity index is 1.36. The Hall–Kier alpha value is -2.64. The molecular formula is C32H44F3N3O2. The van der Waals surface area contributed by atoms with E-state index in [1.807, 2.05) is 13.0 Å². The third-order valence-electron chi connectivity index (χ3n) is 8.99. The maximum absolute atomic E-state index is 13.1. The number of carbonyl (C=O) groups excluding carboxylic acids is 1. The average Bonchev–Trinajstić information content (AvgIpc) is 2.90. The maximum atomic E-state index is 13.1. The van der Waals surface area contributed by atoms with Crippen LogP contribution in [0.4, 0.5) is 24.8 Å². The van der Waals surface area contributed by atoms with E-state index in [0.717, 1.165) is 68.0 Å². The number of alkyl halides is 3. The summed E-state index contributed by atoms with van der Waals surface area (Å²) in [4.78, 5) is 19.8. The van der Waals surface area contributed by atoms with Crippen LogP contribution in [0.25, 0.3) is 0 Å². The fourth-order valence-corrected chi connectivity index (χ4v) is 6.89. The first-order valence-electron chi connectivity index (χ1n) is 15.1. The summed E-state index contributed by atoms with van der Waals surface area (Å²) in [5.41, 5.74) is 2.08. The van der Waals surface area contributed by atoms with Crippen LogP contribution in [0, 0.1) is 24.7 Å². The van der Waals surface area contributed by atoms with E-state index in [0.29, 0.717) is 11.8 Å². The van der Waals surface area contributed by atoms with Gasteiger partial charge in [0.15, 0.2) is 0 Å². The van der Waals surface area contributed by atoms with Crippen molar-refractivity contribution < 1.29 is 22.7 Å². The molecule has 8 heteroatoms. The zero-order valence-electron chi connectivity index (χ0n) is 23.9. The molecule has 40 heavy (non-hydrogen) atoms. The third kappa shape index (κ3) is 8.68. The van der Waals surface area contributed by atoms with Gasteiger partial charge in [0.05, 0.1) is 13.0 Å². The van der Waals surface area contributed by atoms with Gasteiger partial charge in [-0.25, -0.2) is 9.97 Å². The van der Waals surface area contributed by atoms with E-state index in [9.17, 15) is 18.0 Å². The van der Waals surface area contributed by atoms with Gasteiger partial charge < -0.3 is 10.1 Å². The van der Waals surface area contributed by atoms with Crippen LogP contribution >= 0.6 is 0 Å². The highest BCUT2D eigenvalue weighted by Crippen LogP contribution is 2.39. The molecule has 0 aliphatic heterocycles. The Morgan fingerprint density at radius 1 is 0.875 bits per heavy atom. The summed E-state index contributed by atoms with van der Waals surface area (Å²) < 4.78 is 44.3. The molecule has 1 aromatic carbocycles. The second-order valence-corrected chi connectivity index (χ2v) is 11.9. The molecule has 2 aliphatic rings. The number of anilines is 2. The van der Waals surface area contributed by atoms with Crippen LogP contribution in [-0.2, 0) is 15.7 Å². The lowest BCUT2D eigenvalue weighted by Crippen LogP contribution is -2.23. The van der Waals surface area contributed by atoms with Crippen molar-refractivity contribution in [2.45, 2.75) is 109 Å². The number of carbonyl (C=O) groups is 1. The first-order valence-corrected chi connectivity index (χ1v) is 15.1. The molecule has 1 aromatic heterocycles. The van der Waals surface area contributed by atoms with Crippen molar-refractivity contribution in [3.63, 3.8) is 0 Å². The van der Waals surface area contributed by atoms with Crippen molar-refractivity contribution in [3.8, 4) is 0 Å². The topological polar surface area (TPSA) is 64.1 Å². The molecular weight excluding hydrogens is 515 g/mol. The molecule has 2 fully saturated rings. The van der Waals surface area contributed by atoms with Crippen molar-refractivity contribution in [2.75, 3.05) is 12.4 Å². The maximum Gasteiger partial charge on any atom is 0.433 e. The first-order chi connectivity index (χ1) is 19.2. The zero-order chi connectivity index (χ0) is 28.5. The van der Waals surface area contributed by atoms with Crippen LogP contribution in [0.15, 0.2) is 30.5 Å². The number of aromatic nitrogens is 2. The van der Waals surface area contributed by atoms with Crippen LogP contribution in [0.3, 0.4) is 0 Å². The number of nitrogens with zero attached hydrogens (tertiary/aromatic N) is 2. The lowest BCUT2D eigenvalue weighted by Gasteiger charge is -2.32. The average molecular weight is 560 g/mol. The SMILES string of the molecule is COC(=O)C1CCCCC(C2CCCCC(c3cc(C)cc(Nc4nccc(C(F)(F)F)n4)c3)CCCC2)CC1. The molecule has 0 saturated heterocycles. The number of nitrogens with one attached hydrogen (secondary N) is 1. The number of rotatable bonds is 5. The highest BCUT2D eigenvalue weighted by molar-refractivity contribution is 5.72. The minimum atomic E-state index is -4.51. The summed E-state index contributed by atoms with van der Waals surface area (Å²) in [6.45, 7) is 2.02. The number of hydrogen-bond acceptors (Lipinski definition) is 5. The largest absolute Gasteiger partial charge is 0.469 e. The number of halogens is 3. The monoisotopic (exact) mass is 559 g/mol. The van der Waals surface area contributed by atoms with Crippen LogP contribution in [-0.4, -0.2) is 23.0 Å². The lowest BCUT2D eigenvalue weighted by molar-refractivity contribution is -0.146. The number of ether oxygens (including phenoxy) is 1. The van der Waals surface area contributed by atoms with E-state index >= 15 is 0 Å². The second-order valence-electron chi connectivity index (χ2n) is 11.9. The van der Waals surface area contributed by atoms with Gasteiger partial charge in [-0.2, -0.15) is 13.2 Å². The molecule has 2 aromatic rings. The number of esters is 1. The van der Waals surface area contributed by atoms with Crippen LogP contribution in [0.5, 0.6) is 0 Å². The molecule has 5 nitrogen and oxygen atoms in total. The minimum absolute atomic E-state index is 0.0329. The molecule has 0 bridgehead atoms. The van der Waals surface area contributed by atoms with E-state index in [2.05, 4.69) is 27.4 Å². The zero-order valence-corrected chi connectivity index (χ0v) is 23.9. The summed E-state index contributed by atoms with van der Waals surface area (Å²) in [6.07, 6.45) is 12.8. The van der Waals surface area contributed by atoms with Gasteiger partial charge in [-0.1, -0.05) is 63.9 Å². The third-order valence-corrected chi connectivity index (χ3v) is 8.99. The molecule has 2 atom stereocenters. The van der Waals surface area contributed by atoms with Crippen LogP contribution in [0.1, 0.15) is 113 Å². The summed E-state index contributed by atoms with van der Waals surface area (Å²) in [5.74, 6) is 1.88. The molecule has 0 spiro atoms. The molecule has 2 aliphatic carbocycles. The van der Waals surface area contributed by atoms with Gasteiger partial charge in [0, 0.05) is 11.9 Å². The van der Waals surface area contributed by atoms with Gasteiger partial charge >= 0.3 is 12.1 Å². The minimum Gasteiger partial charge on any atom is -0.469 e. The fourth-order valence-electron chi connectivity index (χ4n) is 6.89. The summed E-state index contributed by atoms with van der Waals surface area (Å²) in [5, 5.41) is 3.00. The smallest absolute Gasteiger partial charge is 0.433 e. The van der Waals surface area contributed by atoms with Gasteiger partial charge in [0.1, 0.15) is 5.69 Å². The molecule has 0 radical (unpaired) electrons. The van der Waals surface area contributed by atoms with Gasteiger partial charge in [-0.05, 0) is 86.1 Å². The number of hydrogen-bond donors (Lipinski definition) is 1. The first kappa shape index (κ1) is 30.3. The Labute approximate surface area is 236 Å². The standard InChI is InChI=1S/C32H44F3N3O2/c1-22-19-27(21-28(20-22)37-31-36-18-17-29(38-31)32(33,34)35)24-11-5-3-9-23(10-4-6-12-24)25-13-7-8-14-26(16-15-25)30(39)40-2/h17-21,23-26H,3-16H2,1-2H3,(H,36,37,38). The fraction of sp³-hybridized carbons (Fsp3) is 0.656. The molecule has 1 heterocycles. The van der Waals surface area contributed by atoms with E-state index < -0.39 is 11.9 Å². The Bertz CT molecular complexity index is 1100. The van der Waals surface area contributed by atoms with Crippen LogP contribution in [0.2, 0.25) is 0 Å². The highest BCUT2D eigenvalue weighted by Gasteiger charge is 2.33. The number of benzene rings is 1. The van der Waals surface area contributed by atoms with Gasteiger partial charge in [0.25, 0.3) is 0 Å². The molecule has 220 valence electrons. The Morgan fingerprint density at radius 2 is 1.50 bits per heavy atom. The highest BCUT2D eigenvalue weighted by atomic mass is 19.4. The van der Waals surface area contributed by atoms with Gasteiger partial charge in [-0.15, -0.1) is 0 Å². The van der Waals surface area contributed by atoms with Gasteiger partial charge in [0.2, 0.25) is 5.95 Å². The predicted octanol–water partition coefficient (Wildman–Crippen LogP) is 9.14. The predicted molar refractivity (Wildman–Crippen MR) is 151 cm³/mol. The van der Waals surface area contributed by atoms with Crippen molar-refractivity contribution in [2.24, 2.45) is 17.8 Å². The molecule has 4 rings (SSSR count). The lowest BCUT2D eigenvalue weighted by atomic mass is 9.74. The van der Waals surface area contributed by atoms with Crippen LogP contribution < -0.4 is 5.32 Å². The Morgan fingerprint density at radius 3 is 2.15 bits per heavy atom. The second kappa shape index (κ2) is 14.3. The number of methoxy groups -OCH3 is 1. The van der Waals surface area contributed by atoms with E-state index in [1.165, 1.54) is 64.0 Å².